The van der Waals surface area contributed by atoms with Gasteiger partial charge in [0.25, 0.3) is 0 Å². The Kier molecular flexibility index (Phi) is 3.16. The van der Waals surface area contributed by atoms with Crippen LogP contribution in [0, 0.1) is 0 Å². The van der Waals surface area contributed by atoms with E-state index in [-0.39, 0.29) is 12.4 Å². The van der Waals surface area contributed by atoms with Crippen LogP contribution in [0.4, 0.5) is 0 Å². The molecule has 64 valence electrons. The molecule has 0 amide bonds. The topological polar surface area (TPSA) is 52.1 Å². The molecule has 0 saturated heterocycles. The van der Waals surface area contributed by atoms with Crippen molar-refractivity contribution in [2.24, 2.45) is 0 Å². The van der Waals surface area contributed by atoms with Gasteiger partial charge < -0.3 is 4.74 Å². The van der Waals surface area contributed by atoms with Gasteiger partial charge in [0.1, 0.15) is 12.2 Å². The van der Waals surface area contributed by atoms with Crippen LogP contribution in [0.15, 0.2) is 16.9 Å². The molecule has 0 aliphatic carbocycles. The molecular formula is C7H7BrN2O2. The van der Waals surface area contributed by atoms with Crippen molar-refractivity contribution < 1.29 is 9.53 Å². The molecule has 1 aromatic rings. The van der Waals surface area contributed by atoms with Crippen LogP contribution >= 0.6 is 15.9 Å². The third-order valence-electron chi connectivity index (χ3n) is 1.20. The molecule has 5 heteroatoms. The van der Waals surface area contributed by atoms with Crippen molar-refractivity contribution in [3.8, 4) is 0 Å². The first-order chi connectivity index (χ1) is 5.72. The minimum Gasteiger partial charge on any atom is -0.469 e. The quantitative estimate of drug-likeness (QED) is 0.711. The SMILES string of the molecule is COC(=O)Cc1ncc(Br)cn1. The molecule has 1 aromatic heterocycles. The van der Waals surface area contributed by atoms with Crippen molar-refractivity contribution in [1.82, 2.24) is 9.97 Å². The lowest BCUT2D eigenvalue weighted by Crippen LogP contribution is -2.07. The van der Waals surface area contributed by atoms with E-state index < -0.39 is 0 Å². The maximum Gasteiger partial charge on any atom is 0.313 e. The second kappa shape index (κ2) is 4.15. The van der Waals surface area contributed by atoms with Crippen LogP contribution in [-0.4, -0.2) is 23.0 Å². The van der Waals surface area contributed by atoms with E-state index in [1.807, 2.05) is 0 Å². The molecule has 0 saturated carbocycles. The predicted octanol–water partition coefficient (Wildman–Crippen LogP) is 0.955. The molecular weight excluding hydrogens is 224 g/mol. The zero-order chi connectivity index (χ0) is 8.97. The Morgan fingerprint density at radius 3 is 2.67 bits per heavy atom. The molecule has 4 nitrogen and oxygen atoms in total. The van der Waals surface area contributed by atoms with E-state index in [4.69, 9.17) is 0 Å². The molecule has 0 unspecified atom stereocenters. The number of methoxy groups -OCH3 is 1. The second-order valence-corrected chi connectivity index (χ2v) is 2.99. The second-order valence-electron chi connectivity index (χ2n) is 2.07. The Labute approximate surface area is 78.1 Å². The Hall–Kier alpha value is -0.970. The summed E-state index contributed by atoms with van der Waals surface area (Å²) in [6.45, 7) is 0. The van der Waals surface area contributed by atoms with E-state index in [2.05, 4.69) is 30.6 Å². The predicted molar refractivity (Wildman–Crippen MR) is 45.5 cm³/mol. The van der Waals surface area contributed by atoms with Gasteiger partial charge in [-0.05, 0) is 15.9 Å². The van der Waals surface area contributed by atoms with Crippen LogP contribution in [0.25, 0.3) is 0 Å². The van der Waals surface area contributed by atoms with Crippen LogP contribution in [0.3, 0.4) is 0 Å². The highest BCUT2D eigenvalue weighted by molar-refractivity contribution is 9.10. The summed E-state index contributed by atoms with van der Waals surface area (Å²) in [5, 5.41) is 0. The largest absolute Gasteiger partial charge is 0.469 e. The number of hydrogen-bond donors (Lipinski definition) is 0. The van der Waals surface area contributed by atoms with Gasteiger partial charge in [0.2, 0.25) is 0 Å². The zero-order valence-corrected chi connectivity index (χ0v) is 8.04. The summed E-state index contributed by atoms with van der Waals surface area (Å²) >= 11 is 3.19. The van der Waals surface area contributed by atoms with Crippen molar-refractivity contribution in [2.45, 2.75) is 6.42 Å². The van der Waals surface area contributed by atoms with Gasteiger partial charge in [-0.25, -0.2) is 9.97 Å². The summed E-state index contributed by atoms with van der Waals surface area (Å²) < 4.78 is 5.24. The third-order valence-corrected chi connectivity index (χ3v) is 1.61. The van der Waals surface area contributed by atoms with Crippen LogP contribution < -0.4 is 0 Å². The first-order valence-electron chi connectivity index (χ1n) is 3.25. The molecule has 0 aromatic carbocycles. The number of halogens is 1. The zero-order valence-electron chi connectivity index (χ0n) is 6.45. The number of nitrogens with zero attached hydrogens (tertiary/aromatic N) is 2. The first kappa shape index (κ1) is 9.12. The maximum absolute atomic E-state index is 10.8. The Balaban J connectivity index is 2.64. The van der Waals surface area contributed by atoms with Gasteiger partial charge in [0, 0.05) is 12.4 Å². The molecule has 0 aliphatic rings. The molecule has 0 atom stereocenters. The summed E-state index contributed by atoms with van der Waals surface area (Å²) in [7, 11) is 1.33. The smallest absolute Gasteiger partial charge is 0.313 e. The average Bonchev–Trinajstić information content (AvgIpc) is 2.09. The summed E-state index contributed by atoms with van der Waals surface area (Å²) in [6, 6.07) is 0. The van der Waals surface area contributed by atoms with Gasteiger partial charge in [-0.3, -0.25) is 4.79 Å². The highest BCUT2D eigenvalue weighted by Crippen LogP contribution is 2.04. The number of carbonyl (C=O) groups excluding carboxylic acids is 1. The van der Waals surface area contributed by atoms with E-state index in [1.165, 1.54) is 7.11 Å². The lowest BCUT2D eigenvalue weighted by molar-refractivity contribution is -0.139. The number of ether oxygens (including phenoxy) is 1. The van der Waals surface area contributed by atoms with Crippen molar-refractivity contribution >= 4 is 21.9 Å². The summed E-state index contributed by atoms with van der Waals surface area (Å²) in [6.07, 6.45) is 3.29. The highest BCUT2D eigenvalue weighted by Gasteiger charge is 2.04. The molecule has 0 N–H and O–H groups in total. The van der Waals surface area contributed by atoms with Crippen molar-refractivity contribution in [1.29, 1.82) is 0 Å². The van der Waals surface area contributed by atoms with Gasteiger partial charge in [-0.2, -0.15) is 0 Å². The normalized spacial score (nSPS) is 9.50. The van der Waals surface area contributed by atoms with Crippen LogP contribution in [0.1, 0.15) is 5.82 Å². The van der Waals surface area contributed by atoms with Gasteiger partial charge in [0.15, 0.2) is 0 Å². The number of esters is 1. The molecule has 1 heterocycles. The first-order valence-corrected chi connectivity index (χ1v) is 4.05. The van der Waals surface area contributed by atoms with Crippen molar-refractivity contribution in [2.75, 3.05) is 7.11 Å². The van der Waals surface area contributed by atoms with Crippen molar-refractivity contribution in [3.63, 3.8) is 0 Å². The molecule has 0 fully saturated rings. The van der Waals surface area contributed by atoms with E-state index >= 15 is 0 Å². The lowest BCUT2D eigenvalue weighted by Gasteiger charge is -1.97. The molecule has 0 aliphatic heterocycles. The Morgan fingerprint density at radius 1 is 1.58 bits per heavy atom. The Bertz CT molecular complexity index is 273. The van der Waals surface area contributed by atoms with Crippen LogP contribution in [0.2, 0.25) is 0 Å². The summed E-state index contributed by atoms with van der Waals surface area (Å²) in [4.78, 5) is 18.6. The molecule has 0 spiro atoms. The van der Waals surface area contributed by atoms with E-state index in [9.17, 15) is 4.79 Å². The minimum absolute atomic E-state index is 0.115. The number of carbonyl (C=O) groups is 1. The fourth-order valence-electron chi connectivity index (χ4n) is 0.632. The lowest BCUT2D eigenvalue weighted by atomic mass is 10.4. The highest BCUT2D eigenvalue weighted by atomic mass is 79.9. The van der Waals surface area contributed by atoms with Gasteiger partial charge in [-0.1, -0.05) is 0 Å². The van der Waals surface area contributed by atoms with Crippen molar-refractivity contribution in [3.05, 3.63) is 22.7 Å². The number of rotatable bonds is 2. The van der Waals surface area contributed by atoms with E-state index in [0.717, 1.165) is 4.47 Å². The minimum atomic E-state index is -0.336. The fraction of sp³-hybridized carbons (Fsp3) is 0.286. The van der Waals surface area contributed by atoms with Gasteiger partial charge in [-0.15, -0.1) is 0 Å². The molecule has 0 radical (unpaired) electrons. The van der Waals surface area contributed by atoms with E-state index in [1.54, 1.807) is 12.4 Å². The molecule has 0 bridgehead atoms. The van der Waals surface area contributed by atoms with Crippen LogP contribution in [-0.2, 0) is 16.0 Å². The average molecular weight is 231 g/mol. The van der Waals surface area contributed by atoms with Gasteiger partial charge >= 0.3 is 5.97 Å². The Morgan fingerprint density at radius 2 is 2.17 bits per heavy atom. The fourth-order valence-corrected chi connectivity index (χ4v) is 0.836. The third kappa shape index (κ3) is 2.58. The molecule has 12 heavy (non-hydrogen) atoms. The number of aromatic nitrogens is 2. The van der Waals surface area contributed by atoms with Gasteiger partial charge in [0.05, 0.1) is 11.6 Å². The molecule has 1 rings (SSSR count). The summed E-state index contributed by atoms with van der Waals surface area (Å²) in [5.41, 5.74) is 0. The van der Waals surface area contributed by atoms with Crippen LogP contribution in [0.5, 0.6) is 0 Å². The number of hydrogen-bond acceptors (Lipinski definition) is 4. The maximum atomic E-state index is 10.8. The van der Waals surface area contributed by atoms with E-state index in [0.29, 0.717) is 5.82 Å². The standard InChI is InChI=1S/C7H7BrN2O2/c1-12-7(11)2-6-9-3-5(8)4-10-6/h3-4H,2H2,1H3. The monoisotopic (exact) mass is 230 g/mol. The summed E-state index contributed by atoms with van der Waals surface area (Å²) in [5.74, 6) is 0.127.